The fourth-order valence-electron chi connectivity index (χ4n) is 2.68. The van der Waals surface area contributed by atoms with Gasteiger partial charge in [-0.2, -0.15) is 35.1 Å². The summed E-state index contributed by atoms with van der Waals surface area (Å²) in [7, 11) is 0. The first-order valence-electron chi connectivity index (χ1n) is 8.20. The monoisotopic (exact) mass is 458 g/mol. The summed E-state index contributed by atoms with van der Waals surface area (Å²) in [6.45, 7) is 0. The lowest BCUT2D eigenvalue weighted by Crippen LogP contribution is -1.88. The van der Waals surface area contributed by atoms with Crippen LogP contribution in [0.15, 0.2) is 0 Å². The fraction of sp³-hybridized carbons (Fsp3) is 0. The number of halogens is 8. The predicted molar refractivity (Wildman–Crippen MR) is 90.1 cm³/mol. The summed E-state index contributed by atoms with van der Waals surface area (Å²) in [6, 6.07) is 0. The number of nitrogens with one attached hydrogen (secondary N) is 2. The van der Waals surface area contributed by atoms with Crippen molar-refractivity contribution in [3.05, 3.63) is 46.6 Å². The molecule has 162 valence electrons. The summed E-state index contributed by atoms with van der Waals surface area (Å²) in [5.41, 5.74) is -4.19. The Labute approximate surface area is 168 Å². The molecule has 0 aromatic carbocycles. The van der Waals surface area contributed by atoms with Crippen molar-refractivity contribution in [1.82, 2.24) is 39.9 Å². The van der Waals surface area contributed by atoms with Gasteiger partial charge in [-0.25, -0.2) is 29.9 Å². The van der Waals surface area contributed by atoms with E-state index < -0.39 is 92.5 Å². The van der Waals surface area contributed by atoms with E-state index in [1.807, 2.05) is 9.97 Å². The van der Waals surface area contributed by atoms with E-state index in [9.17, 15) is 35.1 Å². The van der Waals surface area contributed by atoms with Gasteiger partial charge in [-0.3, -0.25) is 0 Å². The average molecular weight is 458 g/mol. The average Bonchev–Trinajstić information content (AvgIpc) is 3.37. The Morgan fingerprint density at radius 1 is 0.344 bits per heavy atom. The molecule has 0 radical (unpaired) electrons. The van der Waals surface area contributed by atoms with Gasteiger partial charge in [0.25, 0.3) is 0 Å². The van der Waals surface area contributed by atoms with Crippen molar-refractivity contribution in [1.29, 1.82) is 0 Å². The van der Waals surface area contributed by atoms with Crippen molar-refractivity contribution in [3.63, 3.8) is 0 Å². The molecule has 0 saturated heterocycles. The van der Waals surface area contributed by atoms with Gasteiger partial charge in [0.15, 0.2) is 45.9 Å². The van der Waals surface area contributed by atoms with Crippen molar-refractivity contribution >= 4 is 45.9 Å². The lowest BCUT2D eigenvalue weighted by Gasteiger charge is -1.86. The van der Waals surface area contributed by atoms with Gasteiger partial charge in [-0.1, -0.05) is 0 Å². The Kier molecular flexibility index (Phi) is 4.08. The number of hydrogen-bond donors (Lipinski definition) is 2. The van der Waals surface area contributed by atoms with Gasteiger partial charge in [0.05, 0.1) is 0 Å². The van der Waals surface area contributed by atoms with Gasteiger partial charge in [-0.15, -0.1) is 0 Å². The number of nitrogens with zero attached hydrogens (tertiary/aromatic N) is 6. The quantitative estimate of drug-likeness (QED) is 0.494. The highest BCUT2D eigenvalue weighted by Crippen LogP contribution is 2.32. The Morgan fingerprint density at radius 3 is 0.781 bits per heavy atom. The summed E-state index contributed by atoms with van der Waals surface area (Å²) in [5.74, 6) is -18.6. The van der Waals surface area contributed by atoms with Crippen LogP contribution in [0, 0.1) is 23.3 Å². The van der Waals surface area contributed by atoms with Crippen molar-refractivity contribution in [2.24, 2.45) is 0 Å². The number of hydrogen-bond acceptors (Lipinski definition) is 6. The fourth-order valence-corrected chi connectivity index (χ4v) is 2.68. The van der Waals surface area contributed by atoms with Crippen LogP contribution in [0.25, 0.3) is 45.9 Å². The standard InChI is InChI=1S/C16H2F8N8/c17-1-2(18)10-25-9(1)29-11-3(19)4(20)13(26-11)31-15-7(23)8(24)16(28-15)32-14-6(22)5(21)12(27-14)30-10/h(H2,25,26,27,28,29,30,31,32). The van der Waals surface area contributed by atoms with Gasteiger partial charge in [0, 0.05) is 0 Å². The summed E-state index contributed by atoms with van der Waals surface area (Å²) < 4.78 is 113. The van der Waals surface area contributed by atoms with Crippen LogP contribution >= 0.6 is 0 Å². The van der Waals surface area contributed by atoms with Crippen LogP contribution in [0.4, 0.5) is 35.1 Å². The van der Waals surface area contributed by atoms with Crippen molar-refractivity contribution in [2.45, 2.75) is 0 Å². The molecule has 0 amide bonds. The van der Waals surface area contributed by atoms with Crippen LogP contribution in [0.5, 0.6) is 0 Å². The minimum absolute atomic E-state index is 1.05. The minimum atomic E-state index is -1.77. The van der Waals surface area contributed by atoms with E-state index in [4.69, 9.17) is 0 Å². The maximum atomic E-state index is 14.1. The molecule has 0 unspecified atom stereocenters. The summed E-state index contributed by atoms with van der Waals surface area (Å²) in [6.07, 6.45) is 0. The molecule has 3 aromatic heterocycles. The Bertz CT molecular complexity index is 1350. The third-order valence-electron chi connectivity index (χ3n) is 4.16. The van der Waals surface area contributed by atoms with Gasteiger partial charge >= 0.3 is 0 Å². The largest absolute Gasteiger partial charge is 0.320 e. The van der Waals surface area contributed by atoms with Crippen LogP contribution in [0.3, 0.4) is 0 Å². The maximum Gasteiger partial charge on any atom is 0.207 e. The molecule has 32 heavy (non-hydrogen) atoms. The van der Waals surface area contributed by atoms with Crippen molar-refractivity contribution in [3.8, 4) is 0 Å². The zero-order chi connectivity index (χ0) is 22.9. The highest BCUT2D eigenvalue weighted by molar-refractivity contribution is 5.83. The molecule has 16 heteroatoms. The zero-order valence-corrected chi connectivity index (χ0v) is 14.7. The first-order chi connectivity index (χ1) is 15.2. The Hall–Kier alpha value is -4.24. The lowest BCUT2D eigenvalue weighted by molar-refractivity contribution is 0.525. The molecule has 8 bridgehead atoms. The number of fused-ring (bicyclic) bond motifs is 8. The third kappa shape index (κ3) is 2.75. The molecular formula is C16H2F8N8. The van der Waals surface area contributed by atoms with Crippen LogP contribution in [-0.2, 0) is 0 Å². The number of aromatic amines is 2. The molecule has 3 aromatic rings. The van der Waals surface area contributed by atoms with Crippen molar-refractivity contribution in [2.75, 3.05) is 0 Å². The molecule has 0 aliphatic carbocycles. The van der Waals surface area contributed by atoms with E-state index in [2.05, 4.69) is 29.9 Å². The van der Waals surface area contributed by atoms with Crippen LogP contribution in [0.2, 0.25) is 0 Å². The Morgan fingerprint density at radius 2 is 0.562 bits per heavy atom. The van der Waals surface area contributed by atoms with Crippen LogP contribution in [-0.4, -0.2) is 39.9 Å². The second-order valence-electron chi connectivity index (χ2n) is 6.12. The van der Waals surface area contributed by atoms with Gasteiger partial charge in [-0.05, 0) is 0 Å². The molecule has 2 aliphatic rings. The summed E-state index contributed by atoms with van der Waals surface area (Å²) >= 11 is 0. The highest BCUT2D eigenvalue weighted by atomic mass is 19.2. The van der Waals surface area contributed by atoms with Crippen LogP contribution < -0.4 is 0 Å². The third-order valence-corrected chi connectivity index (χ3v) is 4.16. The summed E-state index contributed by atoms with van der Waals surface area (Å²) in [4.78, 5) is 23.5. The maximum absolute atomic E-state index is 14.1. The summed E-state index contributed by atoms with van der Waals surface area (Å²) in [5, 5.41) is 0. The second kappa shape index (κ2) is 6.63. The second-order valence-corrected chi connectivity index (χ2v) is 6.12. The first-order valence-corrected chi connectivity index (χ1v) is 8.20. The SMILES string of the molecule is FC1=C(F)c2nc1nc1[nH]c(nc3nc(nc4[nH]c(n2)c(F)c4F)C(F)=C3F)c(F)c1F. The number of rotatable bonds is 0. The molecule has 5 heterocycles. The van der Waals surface area contributed by atoms with Crippen molar-refractivity contribution < 1.29 is 35.1 Å². The molecule has 2 aliphatic heterocycles. The first kappa shape index (κ1) is 19.7. The number of aromatic nitrogens is 8. The topological polar surface area (TPSA) is 109 Å². The molecule has 2 N–H and O–H groups in total. The van der Waals surface area contributed by atoms with E-state index in [1.54, 1.807) is 0 Å². The molecule has 8 nitrogen and oxygen atoms in total. The molecular weight excluding hydrogens is 456 g/mol. The molecule has 5 rings (SSSR count). The van der Waals surface area contributed by atoms with Gasteiger partial charge < -0.3 is 9.97 Å². The lowest BCUT2D eigenvalue weighted by atomic mass is 10.4. The predicted octanol–water partition coefficient (Wildman–Crippen LogP) is 3.98. The Balaban J connectivity index is 1.99. The molecule has 0 atom stereocenters. The smallest absolute Gasteiger partial charge is 0.207 e. The van der Waals surface area contributed by atoms with Gasteiger partial charge in [0.1, 0.15) is 0 Å². The zero-order valence-electron chi connectivity index (χ0n) is 14.7. The van der Waals surface area contributed by atoms with E-state index in [0.29, 0.717) is 0 Å². The molecule has 0 saturated carbocycles. The molecule has 0 fully saturated rings. The normalized spacial score (nSPS) is 14.0. The number of H-pyrrole nitrogens is 2. The van der Waals surface area contributed by atoms with E-state index in [-0.39, 0.29) is 0 Å². The van der Waals surface area contributed by atoms with Crippen LogP contribution in [0.1, 0.15) is 23.3 Å². The van der Waals surface area contributed by atoms with E-state index in [1.165, 1.54) is 0 Å². The highest BCUT2D eigenvalue weighted by Gasteiger charge is 2.27. The molecule has 0 spiro atoms. The van der Waals surface area contributed by atoms with E-state index >= 15 is 0 Å². The minimum Gasteiger partial charge on any atom is -0.320 e. The van der Waals surface area contributed by atoms with E-state index in [0.717, 1.165) is 0 Å². The van der Waals surface area contributed by atoms with Gasteiger partial charge in [0.2, 0.25) is 46.6 Å².